The van der Waals surface area contributed by atoms with Gasteiger partial charge in [-0.2, -0.15) is 0 Å². The maximum atomic E-state index is 11.6. The maximum absolute atomic E-state index is 11.6. The molecule has 0 aliphatic heterocycles. The van der Waals surface area contributed by atoms with E-state index in [1.807, 2.05) is 26.0 Å². The number of rotatable bonds is 3. The molecule has 5 heteroatoms. The van der Waals surface area contributed by atoms with Crippen LogP contribution in [0.2, 0.25) is 0 Å². The Kier molecular flexibility index (Phi) is 3.47. The molecule has 4 nitrogen and oxygen atoms in total. The van der Waals surface area contributed by atoms with Crippen LogP contribution in [-0.2, 0) is 0 Å². The number of halogens is 1. The lowest BCUT2D eigenvalue weighted by Crippen LogP contribution is -2.15. The van der Waals surface area contributed by atoms with Crippen molar-refractivity contribution in [3.8, 4) is 5.88 Å². The largest absolute Gasteiger partial charge is 0.473 e. The number of ether oxygens (including phenoxy) is 1. The number of benzene rings is 1. The highest BCUT2D eigenvalue weighted by atomic mass is 79.9. The Labute approximate surface area is 107 Å². The summed E-state index contributed by atoms with van der Waals surface area (Å²) in [5.74, 6) is 0.474. The van der Waals surface area contributed by atoms with Gasteiger partial charge in [0, 0.05) is 4.47 Å². The van der Waals surface area contributed by atoms with Crippen LogP contribution in [0.5, 0.6) is 5.88 Å². The van der Waals surface area contributed by atoms with Gasteiger partial charge in [0.15, 0.2) is 0 Å². The van der Waals surface area contributed by atoms with Gasteiger partial charge in [-0.15, -0.1) is 5.10 Å². The molecule has 1 unspecified atom stereocenters. The third-order valence-electron chi connectivity index (χ3n) is 2.60. The van der Waals surface area contributed by atoms with Crippen LogP contribution in [0.15, 0.2) is 27.5 Å². The van der Waals surface area contributed by atoms with E-state index in [4.69, 9.17) is 4.74 Å². The van der Waals surface area contributed by atoms with Crippen LogP contribution in [0.4, 0.5) is 0 Å². The third kappa shape index (κ3) is 2.49. The highest BCUT2D eigenvalue weighted by Gasteiger charge is 2.10. The molecule has 0 saturated heterocycles. The number of fused-ring (bicyclic) bond motifs is 1. The lowest BCUT2D eigenvalue weighted by Gasteiger charge is -2.12. The summed E-state index contributed by atoms with van der Waals surface area (Å²) in [6.45, 7) is 4.01. The van der Waals surface area contributed by atoms with Gasteiger partial charge in [-0.05, 0) is 31.5 Å². The Morgan fingerprint density at radius 3 is 2.94 bits per heavy atom. The van der Waals surface area contributed by atoms with Gasteiger partial charge >= 0.3 is 0 Å². The predicted octanol–water partition coefficient (Wildman–Crippen LogP) is 2.86. The molecule has 1 heterocycles. The van der Waals surface area contributed by atoms with Gasteiger partial charge in [-0.3, -0.25) is 4.79 Å². The van der Waals surface area contributed by atoms with Crippen LogP contribution in [-0.4, -0.2) is 16.3 Å². The minimum atomic E-state index is -0.210. The highest BCUT2D eigenvalue weighted by Crippen LogP contribution is 2.24. The second-order valence-electron chi connectivity index (χ2n) is 3.88. The first-order valence-electron chi connectivity index (χ1n) is 5.46. The van der Waals surface area contributed by atoms with Crippen molar-refractivity contribution in [2.45, 2.75) is 26.4 Å². The minimum absolute atomic E-state index is 0.0697. The molecule has 0 saturated carbocycles. The first-order valence-corrected chi connectivity index (χ1v) is 6.25. The molecule has 0 radical (unpaired) electrons. The van der Waals surface area contributed by atoms with E-state index in [0.29, 0.717) is 11.3 Å². The molecule has 2 rings (SSSR count). The summed E-state index contributed by atoms with van der Waals surface area (Å²) in [5, 5.41) is 7.71. The summed E-state index contributed by atoms with van der Waals surface area (Å²) < 4.78 is 6.53. The average molecular weight is 297 g/mol. The molecular weight excluding hydrogens is 284 g/mol. The zero-order valence-electron chi connectivity index (χ0n) is 9.66. The third-order valence-corrected chi connectivity index (χ3v) is 3.10. The summed E-state index contributed by atoms with van der Waals surface area (Å²) >= 11 is 3.34. The molecule has 0 aliphatic carbocycles. The van der Waals surface area contributed by atoms with Crippen molar-refractivity contribution in [1.82, 2.24) is 10.2 Å². The van der Waals surface area contributed by atoms with E-state index in [1.165, 1.54) is 0 Å². The fourth-order valence-corrected chi connectivity index (χ4v) is 1.84. The Balaban J connectivity index is 2.58. The molecule has 1 N–H and O–H groups in total. The van der Waals surface area contributed by atoms with Gasteiger partial charge in [0.2, 0.25) is 5.88 Å². The molecule has 17 heavy (non-hydrogen) atoms. The van der Waals surface area contributed by atoms with Crippen molar-refractivity contribution in [2.24, 2.45) is 0 Å². The van der Waals surface area contributed by atoms with Crippen LogP contribution in [0.25, 0.3) is 10.8 Å². The van der Waals surface area contributed by atoms with Crippen molar-refractivity contribution >= 4 is 26.7 Å². The van der Waals surface area contributed by atoms with Crippen molar-refractivity contribution in [3.05, 3.63) is 33.0 Å². The maximum Gasteiger partial charge on any atom is 0.272 e. The number of aromatic amines is 1. The first-order chi connectivity index (χ1) is 8.11. The molecule has 2 aromatic rings. The fraction of sp³-hybridized carbons (Fsp3) is 0.333. The van der Waals surface area contributed by atoms with Crippen LogP contribution in [0.1, 0.15) is 20.3 Å². The molecular formula is C12H13BrN2O2. The Hall–Kier alpha value is -1.36. The molecule has 90 valence electrons. The second-order valence-corrected chi connectivity index (χ2v) is 4.80. The zero-order chi connectivity index (χ0) is 12.4. The molecule has 0 spiro atoms. The number of nitrogens with one attached hydrogen (secondary N) is 1. The van der Waals surface area contributed by atoms with Gasteiger partial charge in [0.1, 0.15) is 0 Å². The summed E-state index contributed by atoms with van der Waals surface area (Å²) in [7, 11) is 0. The number of aromatic nitrogens is 2. The minimum Gasteiger partial charge on any atom is -0.473 e. The van der Waals surface area contributed by atoms with Gasteiger partial charge in [-0.25, -0.2) is 5.10 Å². The smallest absolute Gasteiger partial charge is 0.272 e. The lowest BCUT2D eigenvalue weighted by atomic mass is 10.2. The van der Waals surface area contributed by atoms with Crippen LogP contribution < -0.4 is 10.3 Å². The summed E-state index contributed by atoms with van der Waals surface area (Å²) in [5.41, 5.74) is -0.210. The molecule has 1 aromatic carbocycles. The van der Waals surface area contributed by atoms with E-state index in [0.717, 1.165) is 16.3 Å². The van der Waals surface area contributed by atoms with E-state index in [2.05, 4.69) is 26.1 Å². The normalized spacial score (nSPS) is 12.6. The lowest BCUT2D eigenvalue weighted by molar-refractivity contribution is 0.209. The highest BCUT2D eigenvalue weighted by molar-refractivity contribution is 9.10. The molecule has 0 fully saturated rings. The Morgan fingerprint density at radius 2 is 2.24 bits per heavy atom. The summed E-state index contributed by atoms with van der Waals surface area (Å²) in [4.78, 5) is 11.6. The molecule has 1 atom stereocenters. The molecule has 0 aliphatic rings. The first kappa shape index (κ1) is 12.1. The number of hydrogen-bond acceptors (Lipinski definition) is 3. The summed E-state index contributed by atoms with van der Waals surface area (Å²) in [6.07, 6.45) is 0.957. The monoisotopic (exact) mass is 296 g/mol. The quantitative estimate of drug-likeness (QED) is 0.947. The Bertz CT molecular complexity index is 595. The van der Waals surface area contributed by atoms with Gasteiger partial charge in [-0.1, -0.05) is 22.9 Å². The van der Waals surface area contributed by atoms with E-state index in [9.17, 15) is 4.79 Å². The number of nitrogens with zero attached hydrogens (tertiary/aromatic N) is 1. The van der Waals surface area contributed by atoms with Crippen molar-refractivity contribution in [3.63, 3.8) is 0 Å². The van der Waals surface area contributed by atoms with E-state index >= 15 is 0 Å². The van der Waals surface area contributed by atoms with Crippen molar-refractivity contribution in [1.29, 1.82) is 0 Å². The second kappa shape index (κ2) is 4.87. The summed E-state index contributed by atoms with van der Waals surface area (Å²) in [6, 6.07) is 5.46. The number of hydrogen-bond donors (Lipinski definition) is 1. The standard InChI is InChI=1S/C12H13BrN2O2/c1-3-7(2)17-12-9-5-4-8(13)6-10(9)11(16)14-15-12/h4-7H,3H2,1-2H3,(H,14,16). The van der Waals surface area contributed by atoms with Crippen LogP contribution >= 0.6 is 15.9 Å². The molecule has 1 aromatic heterocycles. The zero-order valence-corrected chi connectivity index (χ0v) is 11.2. The Morgan fingerprint density at radius 1 is 1.47 bits per heavy atom. The van der Waals surface area contributed by atoms with E-state index < -0.39 is 0 Å². The van der Waals surface area contributed by atoms with Crippen LogP contribution in [0.3, 0.4) is 0 Å². The topological polar surface area (TPSA) is 55.0 Å². The fourth-order valence-electron chi connectivity index (χ4n) is 1.48. The van der Waals surface area contributed by atoms with Gasteiger partial charge < -0.3 is 4.74 Å². The van der Waals surface area contributed by atoms with E-state index in [-0.39, 0.29) is 11.7 Å². The van der Waals surface area contributed by atoms with Crippen molar-refractivity contribution < 1.29 is 4.74 Å². The van der Waals surface area contributed by atoms with Gasteiger partial charge in [0.25, 0.3) is 5.56 Å². The van der Waals surface area contributed by atoms with Gasteiger partial charge in [0.05, 0.1) is 16.9 Å². The predicted molar refractivity (Wildman–Crippen MR) is 70.4 cm³/mol. The van der Waals surface area contributed by atoms with Crippen molar-refractivity contribution in [2.75, 3.05) is 0 Å². The van der Waals surface area contributed by atoms with E-state index in [1.54, 1.807) is 6.07 Å². The molecule has 0 amide bonds. The van der Waals surface area contributed by atoms with Crippen LogP contribution in [0, 0.1) is 0 Å². The SMILES string of the molecule is CCC(C)Oc1n[nH]c(=O)c2cc(Br)ccc12. The molecule has 0 bridgehead atoms. The average Bonchev–Trinajstić information content (AvgIpc) is 2.33. The number of H-pyrrole nitrogens is 1.